The molecule has 5 N–H and O–H groups in total. The zero-order valence-corrected chi connectivity index (χ0v) is 10.6. The third kappa shape index (κ3) is 4.73. The van der Waals surface area contributed by atoms with Gasteiger partial charge in [-0.05, 0) is 12.0 Å². The van der Waals surface area contributed by atoms with Gasteiger partial charge < -0.3 is 21.4 Å². The van der Waals surface area contributed by atoms with Crippen molar-refractivity contribution in [2.24, 2.45) is 10.9 Å². The number of rotatable bonds is 7. The maximum Gasteiger partial charge on any atom is 0.170 e. The Bertz CT molecular complexity index is 376. The highest BCUT2D eigenvalue weighted by Gasteiger charge is 2.02. The first kappa shape index (κ1) is 14.5. The molecule has 0 aliphatic carbocycles. The van der Waals surface area contributed by atoms with E-state index in [1.165, 1.54) is 0 Å². The van der Waals surface area contributed by atoms with Crippen molar-refractivity contribution >= 4 is 5.84 Å². The highest BCUT2D eigenvalue weighted by molar-refractivity contribution is 5.96. The monoisotopic (exact) mass is 251 g/mol. The minimum atomic E-state index is -0.286. The lowest BCUT2D eigenvalue weighted by atomic mass is 10.1. The Morgan fingerprint density at radius 1 is 1.39 bits per heavy atom. The van der Waals surface area contributed by atoms with E-state index < -0.39 is 0 Å². The molecule has 0 aliphatic heterocycles. The van der Waals surface area contributed by atoms with Crippen molar-refractivity contribution in [3.05, 3.63) is 35.4 Å². The van der Waals surface area contributed by atoms with Gasteiger partial charge in [-0.15, -0.1) is 0 Å². The summed E-state index contributed by atoms with van der Waals surface area (Å²) in [4.78, 5) is 0. The molecular weight excluding hydrogens is 230 g/mol. The van der Waals surface area contributed by atoms with Gasteiger partial charge >= 0.3 is 0 Å². The molecule has 0 radical (unpaired) electrons. The van der Waals surface area contributed by atoms with Crippen molar-refractivity contribution in [2.75, 3.05) is 6.54 Å². The lowest BCUT2D eigenvalue weighted by molar-refractivity contribution is 0.160. The van der Waals surface area contributed by atoms with Crippen LogP contribution in [0.2, 0.25) is 0 Å². The molecule has 5 heteroatoms. The van der Waals surface area contributed by atoms with Crippen molar-refractivity contribution in [3.8, 4) is 0 Å². The van der Waals surface area contributed by atoms with Crippen LogP contribution in [0.5, 0.6) is 0 Å². The fraction of sp³-hybridized carbons (Fsp3) is 0.462. The maximum atomic E-state index is 9.55. The lowest BCUT2D eigenvalue weighted by Crippen LogP contribution is -2.26. The molecular formula is C13H21N3O2. The first-order chi connectivity index (χ1) is 8.67. The Kier molecular flexibility index (Phi) is 6.18. The molecule has 100 valence electrons. The van der Waals surface area contributed by atoms with Gasteiger partial charge in [-0.2, -0.15) is 0 Å². The van der Waals surface area contributed by atoms with E-state index in [4.69, 9.17) is 10.9 Å². The van der Waals surface area contributed by atoms with Crippen LogP contribution in [0.4, 0.5) is 0 Å². The largest absolute Gasteiger partial charge is 0.409 e. The van der Waals surface area contributed by atoms with Crippen molar-refractivity contribution in [1.82, 2.24) is 5.32 Å². The number of aliphatic hydroxyl groups is 1. The molecule has 0 heterocycles. The van der Waals surface area contributed by atoms with E-state index >= 15 is 0 Å². The fourth-order valence-electron chi connectivity index (χ4n) is 1.67. The standard InChI is InChI=1S/C13H21N3O2/c1-2-3-12(17)9-15-8-10-4-6-11(7-5-10)13(14)16-18/h4-7,12,15,17-18H,2-3,8-9H2,1H3,(H2,14,16). The number of oxime groups is 1. The van der Waals surface area contributed by atoms with Gasteiger partial charge in [-0.25, -0.2) is 0 Å². The van der Waals surface area contributed by atoms with Crippen LogP contribution < -0.4 is 11.1 Å². The molecule has 0 aromatic heterocycles. The Labute approximate surface area is 107 Å². The number of amidine groups is 1. The molecule has 0 bridgehead atoms. The summed E-state index contributed by atoms with van der Waals surface area (Å²) in [5.41, 5.74) is 7.25. The Morgan fingerprint density at radius 3 is 2.61 bits per heavy atom. The highest BCUT2D eigenvalue weighted by Crippen LogP contribution is 2.04. The fourth-order valence-corrected chi connectivity index (χ4v) is 1.67. The van der Waals surface area contributed by atoms with Gasteiger partial charge in [0, 0.05) is 18.7 Å². The van der Waals surface area contributed by atoms with Crippen LogP contribution in [0.3, 0.4) is 0 Å². The second kappa shape index (κ2) is 7.68. The second-order valence-electron chi connectivity index (χ2n) is 4.26. The van der Waals surface area contributed by atoms with Gasteiger partial charge in [0.1, 0.15) is 0 Å². The summed E-state index contributed by atoms with van der Waals surface area (Å²) < 4.78 is 0. The van der Waals surface area contributed by atoms with Crippen molar-refractivity contribution in [1.29, 1.82) is 0 Å². The molecule has 5 nitrogen and oxygen atoms in total. The van der Waals surface area contributed by atoms with Crippen LogP contribution in [0.1, 0.15) is 30.9 Å². The topological polar surface area (TPSA) is 90.9 Å². The number of hydrogen-bond acceptors (Lipinski definition) is 4. The summed E-state index contributed by atoms with van der Waals surface area (Å²) in [6, 6.07) is 7.42. The van der Waals surface area contributed by atoms with Gasteiger partial charge in [0.15, 0.2) is 5.84 Å². The molecule has 1 unspecified atom stereocenters. The second-order valence-corrected chi connectivity index (χ2v) is 4.26. The van der Waals surface area contributed by atoms with Gasteiger partial charge in [0.25, 0.3) is 0 Å². The molecule has 0 aliphatic rings. The number of nitrogens with one attached hydrogen (secondary N) is 1. The van der Waals surface area contributed by atoms with Gasteiger partial charge in [0.05, 0.1) is 6.10 Å². The summed E-state index contributed by atoms with van der Waals surface area (Å²) in [5, 5.41) is 24.2. The molecule has 0 fully saturated rings. The predicted octanol–water partition coefficient (Wildman–Crippen LogP) is 1.03. The average molecular weight is 251 g/mol. The molecule has 1 aromatic rings. The predicted molar refractivity (Wildman–Crippen MR) is 71.6 cm³/mol. The number of nitrogens with two attached hydrogens (primary N) is 1. The molecule has 1 rings (SSSR count). The number of aliphatic hydroxyl groups excluding tert-OH is 1. The van der Waals surface area contributed by atoms with Crippen molar-refractivity contribution in [2.45, 2.75) is 32.4 Å². The van der Waals surface area contributed by atoms with Crippen molar-refractivity contribution < 1.29 is 10.3 Å². The van der Waals surface area contributed by atoms with Crippen LogP contribution in [0.15, 0.2) is 29.4 Å². The minimum Gasteiger partial charge on any atom is -0.409 e. The van der Waals surface area contributed by atoms with Crippen LogP contribution >= 0.6 is 0 Å². The summed E-state index contributed by atoms with van der Waals surface area (Å²) in [7, 11) is 0. The number of benzene rings is 1. The summed E-state index contributed by atoms with van der Waals surface area (Å²) >= 11 is 0. The van der Waals surface area contributed by atoms with Gasteiger partial charge in [-0.3, -0.25) is 0 Å². The SMILES string of the molecule is CCCC(O)CNCc1ccc(/C(N)=N/O)cc1. The van der Waals surface area contributed by atoms with E-state index in [9.17, 15) is 5.11 Å². The average Bonchev–Trinajstić information content (AvgIpc) is 2.39. The van der Waals surface area contributed by atoms with E-state index in [0.29, 0.717) is 18.7 Å². The Morgan fingerprint density at radius 2 is 2.06 bits per heavy atom. The van der Waals surface area contributed by atoms with Gasteiger partial charge in [0.2, 0.25) is 0 Å². The van der Waals surface area contributed by atoms with E-state index in [2.05, 4.69) is 17.4 Å². The molecule has 0 amide bonds. The summed E-state index contributed by atoms with van der Waals surface area (Å²) in [6.45, 7) is 3.34. The first-order valence-electron chi connectivity index (χ1n) is 6.13. The van der Waals surface area contributed by atoms with Crippen molar-refractivity contribution in [3.63, 3.8) is 0 Å². The van der Waals surface area contributed by atoms with E-state index in [-0.39, 0.29) is 11.9 Å². The quantitative estimate of drug-likeness (QED) is 0.252. The maximum absolute atomic E-state index is 9.55. The third-order valence-electron chi connectivity index (χ3n) is 2.69. The molecule has 1 atom stereocenters. The summed E-state index contributed by atoms with van der Waals surface area (Å²) in [6.07, 6.45) is 1.51. The van der Waals surface area contributed by atoms with Crippen LogP contribution in [-0.4, -0.2) is 28.8 Å². The van der Waals surface area contributed by atoms with E-state index in [1.54, 1.807) is 12.1 Å². The zero-order chi connectivity index (χ0) is 13.4. The Hall–Kier alpha value is -1.59. The van der Waals surface area contributed by atoms with E-state index in [0.717, 1.165) is 18.4 Å². The zero-order valence-electron chi connectivity index (χ0n) is 10.6. The number of nitrogens with zero attached hydrogens (tertiary/aromatic N) is 1. The molecule has 0 saturated carbocycles. The highest BCUT2D eigenvalue weighted by atomic mass is 16.4. The van der Waals surface area contributed by atoms with Crippen LogP contribution in [0.25, 0.3) is 0 Å². The normalized spacial score (nSPS) is 13.6. The molecule has 0 spiro atoms. The molecule has 1 aromatic carbocycles. The van der Waals surface area contributed by atoms with Crippen LogP contribution in [0, 0.1) is 0 Å². The third-order valence-corrected chi connectivity index (χ3v) is 2.69. The molecule has 18 heavy (non-hydrogen) atoms. The lowest BCUT2D eigenvalue weighted by Gasteiger charge is -2.10. The summed E-state index contributed by atoms with van der Waals surface area (Å²) in [5.74, 6) is 0.105. The first-order valence-corrected chi connectivity index (χ1v) is 6.13. The number of hydrogen-bond donors (Lipinski definition) is 4. The van der Waals surface area contributed by atoms with Crippen LogP contribution in [-0.2, 0) is 6.54 Å². The minimum absolute atomic E-state index is 0.105. The van der Waals surface area contributed by atoms with E-state index in [1.807, 2.05) is 12.1 Å². The smallest absolute Gasteiger partial charge is 0.170 e. The van der Waals surface area contributed by atoms with Gasteiger partial charge in [-0.1, -0.05) is 42.8 Å². The molecule has 0 saturated heterocycles. The Balaban J connectivity index is 2.40.